The van der Waals surface area contributed by atoms with Gasteiger partial charge in [-0.05, 0) is 53.6 Å². The molecule has 1 aromatic heterocycles. The largest absolute Gasteiger partial charge is 0.310 e. The molecule has 0 aliphatic carbocycles. The molecular formula is C16H23IN4. The lowest BCUT2D eigenvalue weighted by Gasteiger charge is -2.20. The summed E-state index contributed by atoms with van der Waals surface area (Å²) in [6, 6.07) is 8.84. The molecule has 0 aliphatic heterocycles. The second kappa shape index (κ2) is 8.48. The van der Waals surface area contributed by atoms with Gasteiger partial charge in [0.1, 0.15) is 12.2 Å². The molecule has 0 fully saturated rings. The van der Waals surface area contributed by atoms with Crippen molar-refractivity contribution < 1.29 is 0 Å². The first-order chi connectivity index (χ1) is 10.3. The number of aromatic nitrogens is 3. The van der Waals surface area contributed by atoms with E-state index in [1.807, 2.05) is 4.68 Å². The lowest BCUT2D eigenvalue weighted by molar-refractivity contribution is 0.487. The van der Waals surface area contributed by atoms with Gasteiger partial charge in [-0.15, -0.1) is 0 Å². The molecule has 4 nitrogen and oxygen atoms in total. The zero-order valence-corrected chi connectivity index (χ0v) is 14.9. The lowest BCUT2D eigenvalue weighted by Crippen LogP contribution is -2.26. The summed E-state index contributed by atoms with van der Waals surface area (Å²) >= 11 is 2.41. The van der Waals surface area contributed by atoms with Crippen molar-refractivity contribution in [1.82, 2.24) is 20.1 Å². The van der Waals surface area contributed by atoms with Crippen LogP contribution >= 0.6 is 22.6 Å². The monoisotopic (exact) mass is 398 g/mol. The average molecular weight is 398 g/mol. The molecule has 1 aromatic carbocycles. The summed E-state index contributed by atoms with van der Waals surface area (Å²) in [4.78, 5) is 4.45. The lowest BCUT2D eigenvalue weighted by atomic mass is 10.0. The summed E-state index contributed by atoms with van der Waals surface area (Å²) in [5.41, 5.74) is 1.34. The molecule has 5 heteroatoms. The first-order valence-corrected chi connectivity index (χ1v) is 8.68. The molecular weight excluding hydrogens is 375 g/mol. The zero-order chi connectivity index (χ0) is 15.1. The molecule has 0 aliphatic rings. The van der Waals surface area contributed by atoms with Crippen molar-refractivity contribution in [2.45, 2.75) is 45.7 Å². The van der Waals surface area contributed by atoms with Gasteiger partial charge >= 0.3 is 0 Å². The molecule has 0 bridgehead atoms. The molecule has 2 aromatic rings. The van der Waals surface area contributed by atoms with Gasteiger partial charge in [0.25, 0.3) is 0 Å². The van der Waals surface area contributed by atoms with Gasteiger partial charge in [-0.3, -0.25) is 4.68 Å². The second-order valence-electron chi connectivity index (χ2n) is 5.13. The van der Waals surface area contributed by atoms with Crippen LogP contribution in [0.5, 0.6) is 0 Å². The normalized spacial score (nSPS) is 12.5. The first-order valence-electron chi connectivity index (χ1n) is 7.60. The fourth-order valence-electron chi connectivity index (χ4n) is 2.40. The van der Waals surface area contributed by atoms with Gasteiger partial charge in [0, 0.05) is 22.6 Å². The van der Waals surface area contributed by atoms with E-state index < -0.39 is 0 Å². The Hall–Kier alpha value is -0.950. The van der Waals surface area contributed by atoms with Crippen molar-refractivity contribution in [1.29, 1.82) is 0 Å². The third kappa shape index (κ3) is 4.51. The third-order valence-electron chi connectivity index (χ3n) is 3.44. The van der Waals surface area contributed by atoms with Crippen molar-refractivity contribution in [2.24, 2.45) is 0 Å². The van der Waals surface area contributed by atoms with E-state index in [1.165, 1.54) is 9.13 Å². The van der Waals surface area contributed by atoms with Gasteiger partial charge in [-0.2, -0.15) is 5.10 Å². The summed E-state index contributed by atoms with van der Waals surface area (Å²) in [5, 5.41) is 7.98. The van der Waals surface area contributed by atoms with E-state index in [0.29, 0.717) is 0 Å². The predicted octanol–water partition coefficient (Wildman–Crippen LogP) is 3.58. The molecule has 0 saturated carbocycles. The highest BCUT2D eigenvalue weighted by Crippen LogP contribution is 2.23. The van der Waals surface area contributed by atoms with Crippen LogP contribution in [0.4, 0.5) is 0 Å². The molecule has 1 atom stereocenters. The number of nitrogens with one attached hydrogen (secondary N) is 1. The van der Waals surface area contributed by atoms with E-state index in [9.17, 15) is 0 Å². The molecule has 0 saturated heterocycles. The number of hydrogen-bond donors (Lipinski definition) is 1. The molecule has 1 unspecified atom stereocenters. The van der Waals surface area contributed by atoms with Crippen LogP contribution in [0.3, 0.4) is 0 Å². The fourth-order valence-corrected chi connectivity index (χ4v) is 3.16. The van der Waals surface area contributed by atoms with Crippen LogP contribution in [0.25, 0.3) is 0 Å². The van der Waals surface area contributed by atoms with Crippen LogP contribution in [-0.2, 0) is 13.0 Å². The van der Waals surface area contributed by atoms with Crippen LogP contribution in [-0.4, -0.2) is 21.3 Å². The molecule has 114 valence electrons. The number of hydrogen-bond acceptors (Lipinski definition) is 3. The first kappa shape index (κ1) is 16.4. The van der Waals surface area contributed by atoms with Crippen molar-refractivity contribution in [2.75, 3.05) is 6.54 Å². The van der Waals surface area contributed by atoms with Crippen molar-refractivity contribution in [3.63, 3.8) is 0 Å². The molecule has 1 heterocycles. The van der Waals surface area contributed by atoms with Crippen molar-refractivity contribution >= 4 is 22.6 Å². The third-order valence-corrected chi connectivity index (χ3v) is 4.42. The van der Waals surface area contributed by atoms with E-state index in [2.05, 4.69) is 76.1 Å². The average Bonchev–Trinajstić information content (AvgIpc) is 2.92. The van der Waals surface area contributed by atoms with E-state index in [4.69, 9.17) is 0 Å². The summed E-state index contributed by atoms with van der Waals surface area (Å²) in [6.45, 7) is 6.30. The van der Waals surface area contributed by atoms with Crippen LogP contribution in [0.15, 0.2) is 30.6 Å². The summed E-state index contributed by atoms with van der Waals surface area (Å²) in [5.74, 6) is 1.06. The minimum absolute atomic E-state index is 0.290. The standard InChI is InChI=1S/C16H23IN4/c1-3-9-18-15(13-7-5-6-8-14(13)17)11-16-19-12-20-21(16)10-4-2/h5-8,12,15,18H,3-4,9-11H2,1-2H3. The van der Waals surface area contributed by atoms with Gasteiger partial charge in [0.2, 0.25) is 0 Å². The van der Waals surface area contributed by atoms with E-state index in [1.54, 1.807) is 6.33 Å². The number of aryl methyl sites for hydroxylation is 1. The van der Waals surface area contributed by atoms with Crippen LogP contribution < -0.4 is 5.32 Å². The van der Waals surface area contributed by atoms with Crippen molar-refractivity contribution in [3.8, 4) is 0 Å². The maximum absolute atomic E-state index is 4.45. The molecule has 2 rings (SSSR count). The highest BCUT2D eigenvalue weighted by molar-refractivity contribution is 14.1. The highest BCUT2D eigenvalue weighted by Gasteiger charge is 2.17. The Morgan fingerprint density at radius 1 is 1.24 bits per heavy atom. The number of rotatable bonds is 8. The maximum Gasteiger partial charge on any atom is 0.138 e. The fraction of sp³-hybridized carbons (Fsp3) is 0.500. The summed E-state index contributed by atoms with van der Waals surface area (Å²) in [7, 11) is 0. The molecule has 0 radical (unpaired) electrons. The van der Waals surface area contributed by atoms with Crippen LogP contribution in [0, 0.1) is 3.57 Å². The van der Waals surface area contributed by atoms with Crippen molar-refractivity contribution in [3.05, 3.63) is 45.6 Å². The predicted molar refractivity (Wildman–Crippen MR) is 94.2 cm³/mol. The van der Waals surface area contributed by atoms with Crippen LogP contribution in [0.1, 0.15) is 44.1 Å². The van der Waals surface area contributed by atoms with Gasteiger partial charge in [0.05, 0.1) is 0 Å². The molecule has 0 amide bonds. The molecule has 21 heavy (non-hydrogen) atoms. The Bertz CT molecular complexity index is 553. The quantitative estimate of drug-likeness (QED) is 0.692. The minimum atomic E-state index is 0.290. The zero-order valence-electron chi connectivity index (χ0n) is 12.7. The van der Waals surface area contributed by atoms with Gasteiger partial charge in [0.15, 0.2) is 0 Å². The minimum Gasteiger partial charge on any atom is -0.310 e. The van der Waals surface area contributed by atoms with E-state index in [-0.39, 0.29) is 6.04 Å². The Labute approximate surface area is 140 Å². The Morgan fingerprint density at radius 2 is 2.05 bits per heavy atom. The second-order valence-corrected chi connectivity index (χ2v) is 6.29. The van der Waals surface area contributed by atoms with Gasteiger partial charge < -0.3 is 5.32 Å². The Kier molecular flexibility index (Phi) is 6.63. The number of benzene rings is 1. The number of nitrogens with zero attached hydrogens (tertiary/aromatic N) is 3. The number of halogens is 1. The smallest absolute Gasteiger partial charge is 0.138 e. The molecule has 1 N–H and O–H groups in total. The summed E-state index contributed by atoms with van der Waals surface area (Å²) in [6.07, 6.45) is 4.74. The van der Waals surface area contributed by atoms with E-state index in [0.717, 1.165) is 38.2 Å². The molecule has 0 spiro atoms. The Balaban J connectivity index is 2.20. The summed E-state index contributed by atoms with van der Waals surface area (Å²) < 4.78 is 3.32. The Morgan fingerprint density at radius 3 is 2.76 bits per heavy atom. The van der Waals surface area contributed by atoms with Crippen LogP contribution in [0.2, 0.25) is 0 Å². The van der Waals surface area contributed by atoms with E-state index >= 15 is 0 Å². The van der Waals surface area contributed by atoms with Gasteiger partial charge in [-0.25, -0.2) is 4.98 Å². The topological polar surface area (TPSA) is 42.7 Å². The maximum atomic E-state index is 4.45. The highest BCUT2D eigenvalue weighted by atomic mass is 127. The SMILES string of the molecule is CCCNC(Cc1ncnn1CCC)c1ccccc1I. The van der Waals surface area contributed by atoms with Gasteiger partial charge in [-0.1, -0.05) is 32.0 Å².